The molecule has 5 heteroatoms. The Morgan fingerprint density at radius 3 is 2.48 bits per heavy atom. The molecule has 1 atom stereocenters. The van der Waals surface area contributed by atoms with Crippen molar-refractivity contribution in [1.82, 2.24) is 5.27 Å². The lowest BCUT2D eigenvalue weighted by Gasteiger charge is -2.05. The fourth-order valence-electron chi connectivity index (χ4n) is 2.65. The summed E-state index contributed by atoms with van der Waals surface area (Å²) in [6.45, 7) is 2.05. The lowest BCUT2D eigenvalue weighted by Crippen LogP contribution is -2.43. The molecular weight excluding hydrogens is 292 g/mol. The molecule has 0 spiro atoms. The van der Waals surface area contributed by atoms with Gasteiger partial charge < -0.3 is 4.74 Å². The van der Waals surface area contributed by atoms with E-state index in [0.717, 1.165) is 17.7 Å². The van der Waals surface area contributed by atoms with Crippen molar-refractivity contribution in [3.8, 4) is 17.0 Å². The zero-order chi connectivity index (χ0) is 16.2. The Bertz CT molecular complexity index is 819. The van der Waals surface area contributed by atoms with Gasteiger partial charge in [-0.2, -0.15) is 0 Å². The van der Waals surface area contributed by atoms with Crippen LogP contribution in [0.25, 0.3) is 11.3 Å². The van der Waals surface area contributed by atoms with Crippen LogP contribution in [0.1, 0.15) is 18.5 Å². The molecule has 0 radical (unpaired) electrons. The van der Waals surface area contributed by atoms with Gasteiger partial charge in [-0.1, -0.05) is 35.0 Å². The van der Waals surface area contributed by atoms with Crippen LogP contribution in [-0.2, 0) is 6.42 Å². The monoisotopic (exact) mass is 311 g/mol. The normalized spacial score (nSPS) is 12.1. The van der Waals surface area contributed by atoms with Crippen molar-refractivity contribution >= 4 is 0 Å². The number of H-pyrrole nitrogens is 1. The second-order valence-electron chi connectivity index (χ2n) is 5.47. The Labute approximate surface area is 134 Å². The molecule has 2 aromatic carbocycles. The van der Waals surface area contributed by atoms with E-state index >= 15 is 0 Å². The fraction of sp³-hybridized carbons (Fsp3) is 0.222. The third-order valence-electron chi connectivity index (χ3n) is 3.85. The topological polar surface area (TPSA) is 59.1 Å². The van der Waals surface area contributed by atoms with Crippen molar-refractivity contribution in [2.45, 2.75) is 19.4 Å². The first-order valence-corrected chi connectivity index (χ1v) is 7.50. The largest absolute Gasteiger partial charge is 0.497 e. The van der Waals surface area contributed by atoms with Crippen LogP contribution in [-0.4, -0.2) is 12.4 Å². The first-order chi connectivity index (χ1) is 11.2. The minimum Gasteiger partial charge on any atom is -0.497 e. The number of aromatic amines is 1. The lowest BCUT2D eigenvalue weighted by atomic mass is 10.1. The van der Waals surface area contributed by atoms with Crippen molar-refractivity contribution in [2.24, 2.45) is 0 Å². The van der Waals surface area contributed by atoms with E-state index in [-0.39, 0.29) is 11.7 Å². The molecule has 3 aromatic rings. The highest BCUT2D eigenvalue weighted by molar-refractivity contribution is 5.55. The minimum absolute atomic E-state index is 0.0564. The lowest BCUT2D eigenvalue weighted by molar-refractivity contribution is -0.772. The number of ether oxygens (including phenoxy) is 1. The Morgan fingerprint density at radius 2 is 1.83 bits per heavy atom. The quantitative estimate of drug-likeness (QED) is 0.737. The molecule has 0 saturated heterocycles. The van der Waals surface area contributed by atoms with Gasteiger partial charge in [-0.05, 0) is 35.1 Å². The summed E-state index contributed by atoms with van der Waals surface area (Å²) in [7, 11) is 1.61. The summed E-state index contributed by atoms with van der Waals surface area (Å²) in [5.41, 5.74) is 2.13. The number of hydrogen-bond donors (Lipinski definition) is 1. The molecule has 0 aliphatic rings. The summed E-state index contributed by atoms with van der Waals surface area (Å²) in [4.78, 5) is 12.1. The van der Waals surface area contributed by atoms with Crippen LogP contribution in [0, 0.1) is 0 Å². The fourth-order valence-corrected chi connectivity index (χ4v) is 2.65. The smallest absolute Gasteiger partial charge is 0.435 e. The summed E-state index contributed by atoms with van der Waals surface area (Å²) in [5, 5.41) is 2.72. The zero-order valence-electron chi connectivity index (χ0n) is 13.2. The van der Waals surface area contributed by atoms with Crippen LogP contribution in [0.15, 0.2) is 63.9 Å². The van der Waals surface area contributed by atoms with E-state index in [2.05, 4.69) is 17.4 Å². The molecule has 1 unspecified atom stereocenters. The highest BCUT2D eigenvalue weighted by Gasteiger charge is 2.27. The summed E-state index contributed by atoms with van der Waals surface area (Å²) in [6, 6.07) is 17.6. The minimum atomic E-state index is -0.380. The van der Waals surface area contributed by atoms with E-state index in [1.54, 1.807) is 11.8 Å². The standard InChI is InChI=1S/C18H18N2O3/c1-13(12-14-6-4-3-5-7-14)20-17(18(21)23-19-20)15-8-10-16(22-2)11-9-15/h3-11,13H,12H2,1-2H3/p+1. The van der Waals surface area contributed by atoms with E-state index in [0.29, 0.717) is 5.69 Å². The molecule has 0 fully saturated rings. The second kappa shape index (κ2) is 6.52. The summed E-state index contributed by atoms with van der Waals surface area (Å²) in [5.74, 6) is 0.748. The maximum absolute atomic E-state index is 12.1. The molecule has 1 aromatic heterocycles. The first kappa shape index (κ1) is 15.1. The third-order valence-corrected chi connectivity index (χ3v) is 3.85. The van der Waals surface area contributed by atoms with Gasteiger partial charge in [-0.15, -0.1) is 0 Å². The van der Waals surface area contributed by atoms with E-state index in [1.165, 1.54) is 5.56 Å². The van der Waals surface area contributed by atoms with Crippen molar-refractivity contribution < 1.29 is 13.9 Å². The number of aromatic nitrogens is 2. The summed E-state index contributed by atoms with van der Waals surface area (Å²) in [6.07, 6.45) is 0.796. The molecule has 0 bridgehead atoms. The average Bonchev–Trinajstić information content (AvgIpc) is 2.97. The number of methoxy groups -OCH3 is 1. The molecule has 5 nitrogen and oxygen atoms in total. The van der Waals surface area contributed by atoms with Gasteiger partial charge in [0.1, 0.15) is 5.75 Å². The van der Waals surface area contributed by atoms with Crippen molar-refractivity contribution in [1.29, 1.82) is 0 Å². The number of benzene rings is 2. The van der Waals surface area contributed by atoms with E-state index in [9.17, 15) is 4.79 Å². The van der Waals surface area contributed by atoms with Gasteiger partial charge in [0.25, 0.3) is 0 Å². The van der Waals surface area contributed by atoms with Crippen molar-refractivity contribution in [3.05, 3.63) is 70.6 Å². The van der Waals surface area contributed by atoms with Gasteiger partial charge in [0.15, 0.2) is 6.04 Å². The molecule has 118 valence electrons. The summed E-state index contributed by atoms with van der Waals surface area (Å²) >= 11 is 0. The van der Waals surface area contributed by atoms with Crippen LogP contribution in [0.4, 0.5) is 0 Å². The SMILES string of the molecule is COc1ccc(-c2c(=O)o[nH][n+]2C(C)Cc2ccccc2)cc1. The predicted molar refractivity (Wildman–Crippen MR) is 86.4 cm³/mol. The van der Waals surface area contributed by atoms with Crippen LogP contribution in [0.5, 0.6) is 5.75 Å². The maximum atomic E-state index is 12.1. The van der Waals surface area contributed by atoms with Crippen LogP contribution in [0.2, 0.25) is 0 Å². The van der Waals surface area contributed by atoms with Gasteiger partial charge in [0, 0.05) is 13.3 Å². The Hall–Kier alpha value is -2.82. The first-order valence-electron chi connectivity index (χ1n) is 7.50. The Balaban J connectivity index is 1.93. The van der Waals surface area contributed by atoms with E-state index in [4.69, 9.17) is 9.26 Å². The number of nitrogens with zero attached hydrogens (tertiary/aromatic N) is 1. The van der Waals surface area contributed by atoms with Gasteiger partial charge in [-0.3, -0.25) is 4.52 Å². The van der Waals surface area contributed by atoms with E-state index in [1.807, 2.05) is 49.4 Å². The average molecular weight is 311 g/mol. The number of hydrogen-bond acceptors (Lipinski definition) is 3. The maximum Gasteiger partial charge on any atom is 0.435 e. The van der Waals surface area contributed by atoms with Crippen molar-refractivity contribution in [3.63, 3.8) is 0 Å². The highest BCUT2D eigenvalue weighted by atomic mass is 16.5. The van der Waals surface area contributed by atoms with Crippen LogP contribution in [0.3, 0.4) is 0 Å². The predicted octanol–water partition coefficient (Wildman–Crippen LogP) is 2.73. The molecule has 0 aliphatic heterocycles. The molecule has 1 heterocycles. The van der Waals surface area contributed by atoms with Gasteiger partial charge in [0.05, 0.1) is 12.7 Å². The van der Waals surface area contributed by atoms with Gasteiger partial charge >= 0.3 is 11.3 Å². The third kappa shape index (κ3) is 3.18. The molecule has 0 saturated carbocycles. The van der Waals surface area contributed by atoms with E-state index < -0.39 is 0 Å². The molecular formula is C18H19N2O3+. The molecule has 0 aliphatic carbocycles. The van der Waals surface area contributed by atoms with Gasteiger partial charge in [-0.25, -0.2) is 4.79 Å². The van der Waals surface area contributed by atoms with Crippen LogP contribution >= 0.6 is 0 Å². The highest BCUT2D eigenvalue weighted by Crippen LogP contribution is 2.18. The van der Waals surface area contributed by atoms with Crippen LogP contribution < -0.4 is 15.0 Å². The molecule has 23 heavy (non-hydrogen) atoms. The Morgan fingerprint density at radius 1 is 1.13 bits per heavy atom. The van der Waals surface area contributed by atoms with Gasteiger partial charge in [0.2, 0.25) is 0 Å². The molecule has 1 N–H and O–H groups in total. The Kier molecular flexibility index (Phi) is 4.28. The zero-order valence-corrected chi connectivity index (χ0v) is 13.2. The number of rotatable bonds is 5. The van der Waals surface area contributed by atoms with Crippen molar-refractivity contribution in [2.75, 3.05) is 7.11 Å². The molecule has 3 rings (SSSR count). The second-order valence-corrected chi connectivity index (χ2v) is 5.47. The summed E-state index contributed by atoms with van der Waals surface area (Å²) < 4.78 is 11.9. The number of nitrogens with one attached hydrogen (secondary N) is 1. The molecule has 0 amide bonds.